The maximum atomic E-state index is 12.3. The molecule has 1 heterocycles. The second kappa shape index (κ2) is 8.64. The van der Waals surface area contributed by atoms with Crippen LogP contribution in [0.2, 0.25) is 0 Å². The SMILES string of the molecule is O=C(COC(=O)CN1C(=O)[C@H]2CCCC[C@@H]2C1=O)NNC(=O)c1ccccc1. The maximum Gasteiger partial charge on any atom is 0.326 e. The van der Waals surface area contributed by atoms with Crippen molar-refractivity contribution in [3.05, 3.63) is 35.9 Å². The number of nitrogens with zero attached hydrogens (tertiary/aromatic N) is 1. The van der Waals surface area contributed by atoms with Gasteiger partial charge in [0.25, 0.3) is 11.8 Å². The largest absolute Gasteiger partial charge is 0.454 e. The van der Waals surface area contributed by atoms with Crippen molar-refractivity contribution in [2.45, 2.75) is 25.7 Å². The van der Waals surface area contributed by atoms with Crippen molar-refractivity contribution in [1.82, 2.24) is 15.8 Å². The molecular formula is C19H21N3O6. The molecule has 0 radical (unpaired) electrons. The van der Waals surface area contributed by atoms with Crippen molar-refractivity contribution < 1.29 is 28.7 Å². The van der Waals surface area contributed by atoms with Gasteiger partial charge < -0.3 is 4.74 Å². The van der Waals surface area contributed by atoms with E-state index in [1.165, 1.54) is 0 Å². The van der Waals surface area contributed by atoms with Gasteiger partial charge >= 0.3 is 5.97 Å². The van der Waals surface area contributed by atoms with Crippen molar-refractivity contribution in [1.29, 1.82) is 0 Å². The highest BCUT2D eigenvalue weighted by Crippen LogP contribution is 2.37. The molecule has 1 saturated carbocycles. The summed E-state index contributed by atoms with van der Waals surface area (Å²) >= 11 is 0. The van der Waals surface area contributed by atoms with Gasteiger partial charge in [0, 0.05) is 5.56 Å². The summed E-state index contributed by atoms with van der Waals surface area (Å²) in [4.78, 5) is 61.0. The Kier molecular flexibility index (Phi) is 6.03. The zero-order valence-electron chi connectivity index (χ0n) is 15.2. The van der Waals surface area contributed by atoms with Gasteiger partial charge in [-0.15, -0.1) is 0 Å². The predicted molar refractivity (Wildman–Crippen MR) is 95.2 cm³/mol. The zero-order valence-corrected chi connectivity index (χ0v) is 15.2. The molecule has 1 saturated heterocycles. The summed E-state index contributed by atoms with van der Waals surface area (Å²) in [5, 5.41) is 0. The number of imide groups is 1. The fourth-order valence-corrected chi connectivity index (χ4v) is 3.53. The Morgan fingerprint density at radius 2 is 1.57 bits per heavy atom. The van der Waals surface area contributed by atoms with Gasteiger partial charge in [0.2, 0.25) is 11.8 Å². The average Bonchev–Trinajstić information content (AvgIpc) is 2.96. The van der Waals surface area contributed by atoms with Gasteiger partial charge in [-0.2, -0.15) is 0 Å². The minimum Gasteiger partial charge on any atom is -0.454 e. The lowest BCUT2D eigenvalue weighted by Crippen LogP contribution is -2.44. The highest BCUT2D eigenvalue weighted by atomic mass is 16.5. The number of carbonyl (C=O) groups excluding carboxylic acids is 5. The van der Waals surface area contributed by atoms with Crippen LogP contribution in [0, 0.1) is 11.8 Å². The number of benzene rings is 1. The molecule has 28 heavy (non-hydrogen) atoms. The van der Waals surface area contributed by atoms with Crippen molar-refractivity contribution in [3.63, 3.8) is 0 Å². The van der Waals surface area contributed by atoms with Crippen LogP contribution in [-0.2, 0) is 23.9 Å². The van der Waals surface area contributed by atoms with Crippen LogP contribution in [0.25, 0.3) is 0 Å². The van der Waals surface area contributed by atoms with Crippen LogP contribution in [0.4, 0.5) is 0 Å². The third-order valence-electron chi connectivity index (χ3n) is 4.94. The molecule has 148 valence electrons. The van der Waals surface area contributed by atoms with E-state index in [9.17, 15) is 24.0 Å². The fraction of sp³-hybridized carbons (Fsp3) is 0.421. The van der Waals surface area contributed by atoms with Crippen molar-refractivity contribution in [2.75, 3.05) is 13.2 Å². The van der Waals surface area contributed by atoms with Crippen LogP contribution >= 0.6 is 0 Å². The Morgan fingerprint density at radius 1 is 0.964 bits per heavy atom. The summed E-state index contributed by atoms with van der Waals surface area (Å²) in [7, 11) is 0. The summed E-state index contributed by atoms with van der Waals surface area (Å²) < 4.78 is 4.81. The van der Waals surface area contributed by atoms with Gasteiger partial charge in [0.15, 0.2) is 6.61 Å². The number of hydrazine groups is 1. The van der Waals surface area contributed by atoms with Crippen LogP contribution < -0.4 is 10.9 Å². The number of amides is 4. The number of carbonyl (C=O) groups is 5. The normalized spacial score (nSPS) is 21.1. The number of rotatable bonds is 5. The smallest absolute Gasteiger partial charge is 0.326 e. The first-order valence-electron chi connectivity index (χ1n) is 9.12. The summed E-state index contributed by atoms with van der Waals surface area (Å²) in [5.41, 5.74) is 4.67. The van der Waals surface area contributed by atoms with Crippen LogP contribution in [0.1, 0.15) is 36.0 Å². The molecule has 2 N–H and O–H groups in total. The number of hydrogen-bond donors (Lipinski definition) is 2. The van der Waals surface area contributed by atoms with E-state index in [1.54, 1.807) is 30.3 Å². The molecule has 0 aromatic heterocycles. The highest BCUT2D eigenvalue weighted by molar-refractivity contribution is 6.07. The van der Waals surface area contributed by atoms with E-state index in [4.69, 9.17) is 4.74 Å². The number of fused-ring (bicyclic) bond motifs is 1. The molecule has 9 heteroatoms. The van der Waals surface area contributed by atoms with Gasteiger partial charge in [-0.3, -0.25) is 39.7 Å². The molecule has 0 bridgehead atoms. The van der Waals surface area contributed by atoms with Gasteiger partial charge in [-0.25, -0.2) is 0 Å². The topological polar surface area (TPSA) is 122 Å². The molecular weight excluding hydrogens is 366 g/mol. The van der Waals surface area contributed by atoms with Gasteiger partial charge in [0.1, 0.15) is 6.54 Å². The van der Waals surface area contributed by atoms with Crippen LogP contribution in [-0.4, -0.2) is 47.6 Å². The molecule has 4 amide bonds. The lowest BCUT2D eigenvalue weighted by atomic mass is 9.81. The molecule has 2 fully saturated rings. The first kappa shape index (κ1) is 19.5. The molecule has 2 atom stereocenters. The molecule has 9 nitrogen and oxygen atoms in total. The first-order chi connectivity index (χ1) is 13.5. The van der Waals surface area contributed by atoms with E-state index in [-0.39, 0.29) is 23.7 Å². The minimum atomic E-state index is -0.857. The summed E-state index contributed by atoms with van der Waals surface area (Å²) in [6.45, 7) is -1.15. The van der Waals surface area contributed by atoms with E-state index in [0.29, 0.717) is 18.4 Å². The summed E-state index contributed by atoms with van der Waals surface area (Å²) in [5.74, 6) is -3.49. The van der Waals surface area contributed by atoms with Gasteiger partial charge in [0.05, 0.1) is 11.8 Å². The highest BCUT2D eigenvalue weighted by Gasteiger charge is 2.48. The average molecular weight is 387 g/mol. The van der Waals surface area contributed by atoms with E-state index < -0.39 is 30.9 Å². The standard InChI is InChI=1S/C19H21N3O6/c23-15(20-21-17(25)12-6-2-1-3-7-12)11-28-16(24)10-22-18(26)13-8-4-5-9-14(13)19(22)27/h1-3,6-7,13-14H,4-5,8-11H2,(H,20,23)(H,21,25)/t13-,14-/m0/s1. The third kappa shape index (κ3) is 4.36. The molecule has 1 aromatic rings. The quantitative estimate of drug-likeness (QED) is 0.422. The molecule has 1 aliphatic carbocycles. The Balaban J connectivity index is 1.41. The second-order valence-electron chi connectivity index (χ2n) is 6.79. The predicted octanol–water partition coefficient (Wildman–Crippen LogP) is 0.166. The zero-order chi connectivity index (χ0) is 20.1. The van der Waals surface area contributed by atoms with E-state index in [2.05, 4.69) is 10.9 Å². The fourth-order valence-electron chi connectivity index (χ4n) is 3.53. The summed E-state index contributed by atoms with van der Waals surface area (Å²) in [6, 6.07) is 8.25. The van der Waals surface area contributed by atoms with Crippen molar-refractivity contribution in [3.8, 4) is 0 Å². The first-order valence-corrected chi connectivity index (χ1v) is 9.12. The summed E-state index contributed by atoms with van der Waals surface area (Å²) in [6.07, 6.45) is 3.11. The Hall–Kier alpha value is -3.23. The molecule has 0 unspecified atom stereocenters. The second-order valence-corrected chi connectivity index (χ2v) is 6.79. The van der Waals surface area contributed by atoms with Crippen LogP contribution in [0.15, 0.2) is 30.3 Å². The molecule has 1 aliphatic heterocycles. The maximum absolute atomic E-state index is 12.3. The molecule has 0 spiro atoms. The van der Waals surface area contributed by atoms with Gasteiger partial charge in [-0.05, 0) is 25.0 Å². The van der Waals surface area contributed by atoms with Crippen LogP contribution in [0.3, 0.4) is 0 Å². The Bertz CT molecular complexity index is 770. The van der Waals surface area contributed by atoms with E-state index in [0.717, 1.165) is 17.7 Å². The Labute approximate surface area is 161 Å². The lowest BCUT2D eigenvalue weighted by Gasteiger charge is -2.19. The molecule has 3 rings (SSSR count). The molecule has 1 aromatic carbocycles. The molecule has 2 aliphatic rings. The van der Waals surface area contributed by atoms with Crippen molar-refractivity contribution >= 4 is 29.6 Å². The number of likely N-dealkylation sites (tertiary alicyclic amines) is 1. The van der Waals surface area contributed by atoms with Crippen molar-refractivity contribution in [2.24, 2.45) is 11.8 Å². The minimum absolute atomic E-state index is 0.341. The lowest BCUT2D eigenvalue weighted by molar-refractivity contribution is -0.155. The van der Waals surface area contributed by atoms with E-state index >= 15 is 0 Å². The third-order valence-corrected chi connectivity index (χ3v) is 4.94. The monoisotopic (exact) mass is 387 g/mol. The Morgan fingerprint density at radius 3 is 2.18 bits per heavy atom. The van der Waals surface area contributed by atoms with Crippen LogP contribution in [0.5, 0.6) is 0 Å². The van der Waals surface area contributed by atoms with E-state index in [1.807, 2.05) is 0 Å². The van der Waals surface area contributed by atoms with Gasteiger partial charge in [-0.1, -0.05) is 31.0 Å². The number of esters is 1. The number of hydrogen-bond acceptors (Lipinski definition) is 6. The number of ether oxygens (including phenoxy) is 1. The number of nitrogens with one attached hydrogen (secondary N) is 2.